The van der Waals surface area contributed by atoms with Gasteiger partial charge in [-0.3, -0.25) is 0 Å². The number of rotatable bonds is 5. The Balaban J connectivity index is 2.20. The fourth-order valence-electron chi connectivity index (χ4n) is 2.30. The van der Waals surface area contributed by atoms with Crippen molar-refractivity contribution in [2.75, 3.05) is 26.2 Å². The molecule has 3 heteroatoms. The predicted octanol–water partition coefficient (Wildman–Crippen LogP) is 2.02. The maximum absolute atomic E-state index is 9.13. The van der Waals surface area contributed by atoms with Crippen molar-refractivity contribution < 1.29 is 5.11 Å². The van der Waals surface area contributed by atoms with E-state index in [-0.39, 0.29) is 5.41 Å². The van der Waals surface area contributed by atoms with E-state index in [0.717, 1.165) is 38.9 Å². The number of nitriles is 1. The Morgan fingerprint density at radius 1 is 1.50 bits per heavy atom. The summed E-state index contributed by atoms with van der Waals surface area (Å²) in [5.74, 6) is 0.470. The molecule has 1 N–H and O–H groups in total. The van der Waals surface area contributed by atoms with Crippen molar-refractivity contribution >= 4 is 0 Å². The Morgan fingerprint density at radius 3 is 2.88 bits per heavy atom. The van der Waals surface area contributed by atoms with Crippen LogP contribution in [0.15, 0.2) is 0 Å². The second-order valence-electron chi connectivity index (χ2n) is 5.59. The molecule has 0 spiro atoms. The summed E-state index contributed by atoms with van der Waals surface area (Å²) in [6.45, 7) is 7.58. The van der Waals surface area contributed by atoms with E-state index in [1.54, 1.807) is 0 Å². The molecule has 1 aliphatic heterocycles. The number of hydrogen-bond acceptors (Lipinski definition) is 3. The predicted molar refractivity (Wildman–Crippen MR) is 64.9 cm³/mol. The smallest absolute Gasteiger partial charge is 0.0683 e. The van der Waals surface area contributed by atoms with E-state index >= 15 is 0 Å². The van der Waals surface area contributed by atoms with Gasteiger partial charge in [0.05, 0.1) is 11.5 Å². The molecule has 0 aliphatic carbocycles. The van der Waals surface area contributed by atoms with Crippen molar-refractivity contribution in [1.29, 1.82) is 5.26 Å². The van der Waals surface area contributed by atoms with Crippen molar-refractivity contribution in [2.45, 2.75) is 39.5 Å². The lowest BCUT2D eigenvalue weighted by molar-refractivity contribution is 0.117. The molecule has 0 amide bonds. The van der Waals surface area contributed by atoms with Crippen molar-refractivity contribution in [3.63, 3.8) is 0 Å². The average molecular weight is 224 g/mol. The zero-order chi connectivity index (χ0) is 12.0. The fourth-order valence-corrected chi connectivity index (χ4v) is 2.30. The summed E-state index contributed by atoms with van der Waals surface area (Å²) in [4.78, 5) is 2.43. The molecule has 0 aromatic carbocycles. The van der Waals surface area contributed by atoms with Gasteiger partial charge in [0.1, 0.15) is 0 Å². The van der Waals surface area contributed by atoms with E-state index in [1.807, 2.05) is 13.8 Å². The van der Waals surface area contributed by atoms with Gasteiger partial charge < -0.3 is 10.0 Å². The molecular formula is C13H24N2O. The Morgan fingerprint density at radius 2 is 2.25 bits per heavy atom. The van der Waals surface area contributed by atoms with Gasteiger partial charge in [-0.15, -0.1) is 0 Å². The van der Waals surface area contributed by atoms with Gasteiger partial charge in [0.25, 0.3) is 0 Å². The zero-order valence-electron chi connectivity index (χ0n) is 10.6. The highest BCUT2D eigenvalue weighted by Gasteiger charge is 2.20. The highest BCUT2D eigenvalue weighted by Crippen LogP contribution is 2.22. The van der Waals surface area contributed by atoms with Crippen LogP contribution in [-0.4, -0.2) is 36.2 Å². The minimum absolute atomic E-state index is 0.188. The molecule has 1 rings (SSSR count). The van der Waals surface area contributed by atoms with Gasteiger partial charge in [0.15, 0.2) is 0 Å². The molecule has 16 heavy (non-hydrogen) atoms. The van der Waals surface area contributed by atoms with Crippen LogP contribution in [0, 0.1) is 22.7 Å². The Bertz CT molecular complexity index is 245. The fraction of sp³-hybridized carbons (Fsp3) is 0.923. The van der Waals surface area contributed by atoms with Gasteiger partial charge in [0.2, 0.25) is 0 Å². The molecule has 0 radical (unpaired) electrons. The summed E-state index contributed by atoms with van der Waals surface area (Å²) in [5.41, 5.74) is -0.188. The molecular weight excluding hydrogens is 200 g/mol. The molecule has 0 bridgehead atoms. The third-order valence-corrected chi connectivity index (χ3v) is 3.44. The lowest BCUT2D eigenvalue weighted by Crippen LogP contribution is -2.37. The van der Waals surface area contributed by atoms with Crippen LogP contribution in [-0.2, 0) is 0 Å². The molecule has 1 aliphatic rings. The number of nitrogens with zero attached hydrogens (tertiary/aromatic N) is 2. The third kappa shape index (κ3) is 4.51. The van der Waals surface area contributed by atoms with Crippen LogP contribution >= 0.6 is 0 Å². The zero-order valence-corrected chi connectivity index (χ0v) is 10.6. The molecule has 1 fully saturated rings. The van der Waals surface area contributed by atoms with Crippen LogP contribution in [0.4, 0.5) is 0 Å². The summed E-state index contributed by atoms with van der Waals surface area (Å²) in [7, 11) is 0. The molecule has 92 valence electrons. The number of likely N-dealkylation sites (tertiary alicyclic amines) is 1. The maximum Gasteiger partial charge on any atom is 0.0683 e. The van der Waals surface area contributed by atoms with E-state index in [4.69, 9.17) is 10.4 Å². The Kier molecular flexibility index (Phi) is 5.24. The first-order valence-electron chi connectivity index (χ1n) is 6.32. The van der Waals surface area contributed by atoms with Gasteiger partial charge in [-0.25, -0.2) is 0 Å². The highest BCUT2D eigenvalue weighted by molar-refractivity contribution is 4.91. The maximum atomic E-state index is 9.13. The molecule has 1 heterocycles. The van der Waals surface area contributed by atoms with Crippen LogP contribution in [0.1, 0.15) is 39.5 Å². The van der Waals surface area contributed by atoms with Gasteiger partial charge in [-0.05, 0) is 58.5 Å². The molecule has 0 aromatic rings. The van der Waals surface area contributed by atoms with Gasteiger partial charge in [-0.2, -0.15) is 5.26 Å². The Hall–Kier alpha value is -0.590. The quantitative estimate of drug-likeness (QED) is 0.777. The lowest BCUT2D eigenvalue weighted by Gasteiger charge is -2.32. The van der Waals surface area contributed by atoms with Crippen molar-refractivity contribution in [3.8, 4) is 6.07 Å². The molecule has 0 aromatic heterocycles. The molecule has 1 saturated heterocycles. The van der Waals surface area contributed by atoms with Gasteiger partial charge in [0, 0.05) is 13.2 Å². The topological polar surface area (TPSA) is 47.3 Å². The summed E-state index contributed by atoms with van der Waals surface area (Å²) in [6, 6.07) is 2.34. The standard InChI is InChI=1S/C13H24N2O/c1-13(2,11-14)6-4-8-15-7-3-5-12(9-15)10-16/h12,16H,3-10H2,1-2H3. The first-order valence-corrected chi connectivity index (χ1v) is 6.32. The highest BCUT2D eigenvalue weighted by atomic mass is 16.3. The molecule has 1 unspecified atom stereocenters. The van der Waals surface area contributed by atoms with E-state index < -0.39 is 0 Å². The van der Waals surface area contributed by atoms with Crippen LogP contribution < -0.4 is 0 Å². The van der Waals surface area contributed by atoms with Crippen molar-refractivity contribution in [2.24, 2.45) is 11.3 Å². The third-order valence-electron chi connectivity index (χ3n) is 3.44. The van der Waals surface area contributed by atoms with Gasteiger partial charge >= 0.3 is 0 Å². The van der Waals surface area contributed by atoms with Crippen LogP contribution in [0.2, 0.25) is 0 Å². The summed E-state index contributed by atoms with van der Waals surface area (Å²) >= 11 is 0. The summed E-state index contributed by atoms with van der Waals surface area (Å²) < 4.78 is 0. The second-order valence-corrected chi connectivity index (χ2v) is 5.59. The van der Waals surface area contributed by atoms with E-state index in [1.165, 1.54) is 6.42 Å². The average Bonchev–Trinajstić information content (AvgIpc) is 2.29. The minimum atomic E-state index is -0.188. The number of piperidine rings is 1. The van der Waals surface area contributed by atoms with E-state index in [2.05, 4.69) is 11.0 Å². The molecule has 1 atom stereocenters. The lowest BCUT2D eigenvalue weighted by atomic mass is 9.89. The minimum Gasteiger partial charge on any atom is -0.396 e. The van der Waals surface area contributed by atoms with Crippen LogP contribution in [0.25, 0.3) is 0 Å². The SMILES string of the molecule is CC(C)(C#N)CCCN1CCCC(CO)C1. The number of aliphatic hydroxyl groups excluding tert-OH is 1. The molecule has 0 saturated carbocycles. The first kappa shape index (κ1) is 13.5. The number of hydrogen-bond donors (Lipinski definition) is 1. The molecule has 3 nitrogen and oxygen atoms in total. The van der Waals surface area contributed by atoms with Crippen molar-refractivity contribution in [1.82, 2.24) is 4.90 Å². The first-order chi connectivity index (χ1) is 7.57. The number of aliphatic hydroxyl groups is 1. The van der Waals surface area contributed by atoms with E-state index in [0.29, 0.717) is 12.5 Å². The summed E-state index contributed by atoms with van der Waals surface area (Å²) in [5, 5.41) is 18.0. The second kappa shape index (κ2) is 6.22. The monoisotopic (exact) mass is 224 g/mol. The largest absolute Gasteiger partial charge is 0.396 e. The Labute approximate surface area is 99.1 Å². The normalized spacial score (nSPS) is 23.0. The summed E-state index contributed by atoms with van der Waals surface area (Å²) in [6.07, 6.45) is 4.41. The van der Waals surface area contributed by atoms with E-state index in [9.17, 15) is 0 Å². The van der Waals surface area contributed by atoms with Gasteiger partial charge in [-0.1, -0.05) is 0 Å². The van der Waals surface area contributed by atoms with Crippen LogP contribution in [0.3, 0.4) is 0 Å². The van der Waals surface area contributed by atoms with Crippen molar-refractivity contribution in [3.05, 3.63) is 0 Å². The van der Waals surface area contributed by atoms with Crippen LogP contribution in [0.5, 0.6) is 0 Å².